The van der Waals surface area contributed by atoms with Crippen LogP contribution in [-0.2, 0) is 4.79 Å². The molecule has 0 radical (unpaired) electrons. The summed E-state index contributed by atoms with van der Waals surface area (Å²) >= 11 is 0. The standard InChI is InChI=1S/C9H18O2/c1-4-5-8(10)6-9(11)7(2)3/h7-8,10H,4-6H2,1-3H3. The molecule has 0 fully saturated rings. The highest BCUT2D eigenvalue weighted by Gasteiger charge is 2.12. The number of carbonyl (C=O) groups excluding carboxylic acids is 1. The van der Waals surface area contributed by atoms with Crippen LogP contribution in [0.2, 0.25) is 0 Å². The molecule has 1 unspecified atom stereocenters. The number of rotatable bonds is 5. The van der Waals surface area contributed by atoms with Crippen molar-refractivity contribution in [2.75, 3.05) is 0 Å². The Kier molecular flexibility index (Phi) is 5.12. The highest BCUT2D eigenvalue weighted by atomic mass is 16.3. The molecule has 0 aromatic carbocycles. The van der Waals surface area contributed by atoms with Gasteiger partial charge in [0.15, 0.2) is 0 Å². The van der Waals surface area contributed by atoms with E-state index in [0.717, 1.165) is 12.8 Å². The first-order valence-corrected chi connectivity index (χ1v) is 4.28. The van der Waals surface area contributed by atoms with Gasteiger partial charge in [-0.15, -0.1) is 0 Å². The number of aliphatic hydroxyl groups is 1. The number of hydrogen-bond acceptors (Lipinski definition) is 2. The van der Waals surface area contributed by atoms with Crippen molar-refractivity contribution in [1.82, 2.24) is 0 Å². The molecule has 2 heteroatoms. The van der Waals surface area contributed by atoms with E-state index < -0.39 is 6.10 Å². The lowest BCUT2D eigenvalue weighted by molar-refractivity contribution is -0.123. The summed E-state index contributed by atoms with van der Waals surface area (Å²) in [5.41, 5.74) is 0. The van der Waals surface area contributed by atoms with Gasteiger partial charge in [-0.1, -0.05) is 27.2 Å². The van der Waals surface area contributed by atoms with Gasteiger partial charge in [0.25, 0.3) is 0 Å². The van der Waals surface area contributed by atoms with E-state index in [1.165, 1.54) is 0 Å². The Morgan fingerprint density at radius 1 is 1.45 bits per heavy atom. The average Bonchev–Trinajstić information content (AvgIpc) is 1.87. The van der Waals surface area contributed by atoms with Crippen molar-refractivity contribution >= 4 is 5.78 Å². The highest BCUT2D eigenvalue weighted by Crippen LogP contribution is 2.06. The zero-order valence-corrected chi connectivity index (χ0v) is 7.63. The summed E-state index contributed by atoms with van der Waals surface area (Å²) in [5.74, 6) is 0.215. The molecular weight excluding hydrogens is 140 g/mol. The van der Waals surface area contributed by atoms with Crippen LogP contribution in [0.3, 0.4) is 0 Å². The minimum Gasteiger partial charge on any atom is -0.393 e. The lowest BCUT2D eigenvalue weighted by Crippen LogP contribution is -2.16. The third kappa shape index (κ3) is 4.96. The maximum Gasteiger partial charge on any atom is 0.137 e. The van der Waals surface area contributed by atoms with Gasteiger partial charge in [-0.05, 0) is 6.42 Å². The summed E-state index contributed by atoms with van der Waals surface area (Å²) in [7, 11) is 0. The van der Waals surface area contributed by atoms with E-state index in [4.69, 9.17) is 0 Å². The Labute approximate surface area is 68.6 Å². The second kappa shape index (κ2) is 5.30. The van der Waals surface area contributed by atoms with Crippen molar-refractivity contribution in [1.29, 1.82) is 0 Å². The highest BCUT2D eigenvalue weighted by molar-refractivity contribution is 5.80. The van der Waals surface area contributed by atoms with Gasteiger partial charge in [-0.25, -0.2) is 0 Å². The van der Waals surface area contributed by atoms with Gasteiger partial charge >= 0.3 is 0 Å². The first-order valence-electron chi connectivity index (χ1n) is 4.28. The largest absolute Gasteiger partial charge is 0.393 e. The van der Waals surface area contributed by atoms with E-state index in [1.54, 1.807) is 0 Å². The first-order chi connectivity index (χ1) is 5.07. The first kappa shape index (κ1) is 10.6. The number of ketones is 1. The molecular formula is C9H18O2. The van der Waals surface area contributed by atoms with Crippen LogP contribution in [0.25, 0.3) is 0 Å². The maximum absolute atomic E-state index is 11.1. The van der Waals surface area contributed by atoms with Crippen LogP contribution >= 0.6 is 0 Å². The molecule has 0 spiro atoms. The molecule has 1 atom stereocenters. The third-order valence-corrected chi connectivity index (χ3v) is 1.70. The van der Waals surface area contributed by atoms with E-state index in [9.17, 15) is 9.90 Å². The van der Waals surface area contributed by atoms with Crippen molar-refractivity contribution in [3.05, 3.63) is 0 Å². The van der Waals surface area contributed by atoms with Crippen molar-refractivity contribution in [2.45, 2.75) is 46.1 Å². The van der Waals surface area contributed by atoms with Crippen LogP contribution in [-0.4, -0.2) is 17.0 Å². The van der Waals surface area contributed by atoms with Gasteiger partial charge in [0.05, 0.1) is 6.10 Å². The summed E-state index contributed by atoms with van der Waals surface area (Å²) in [6.45, 7) is 5.73. The van der Waals surface area contributed by atoms with Crippen molar-refractivity contribution in [2.24, 2.45) is 5.92 Å². The van der Waals surface area contributed by atoms with Crippen LogP contribution in [0.4, 0.5) is 0 Å². The Balaban J connectivity index is 3.57. The number of hydrogen-bond donors (Lipinski definition) is 1. The van der Waals surface area contributed by atoms with Gasteiger partial charge < -0.3 is 5.11 Å². The summed E-state index contributed by atoms with van der Waals surface area (Å²) in [4.78, 5) is 11.1. The fourth-order valence-electron chi connectivity index (χ4n) is 0.903. The Morgan fingerprint density at radius 2 is 2.00 bits per heavy atom. The van der Waals surface area contributed by atoms with Gasteiger partial charge in [-0.3, -0.25) is 4.79 Å². The molecule has 66 valence electrons. The molecule has 0 saturated carbocycles. The van der Waals surface area contributed by atoms with Gasteiger partial charge in [0, 0.05) is 12.3 Å². The molecule has 0 aromatic rings. The SMILES string of the molecule is CCCC(O)CC(=O)C(C)C. The quantitative estimate of drug-likeness (QED) is 0.662. The minimum atomic E-state index is -0.421. The van der Waals surface area contributed by atoms with E-state index in [1.807, 2.05) is 20.8 Å². The predicted octanol–water partition coefficient (Wildman–Crippen LogP) is 1.76. The zero-order valence-electron chi connectivity index (χ0n) is 7.63. The van der Waals surface area contributed by atoms with Crippen LogP contribution in [0.15, 0.2) is 0 Å². The predicted molar refractivity (Wildman–Crippen MR) is 45.4 cm³/mol. The molecule has 0 aromatic heterocycles. The average molecular weight is 158 g/mol. The lowest BCUT2D eigenvalue weighted by atomic mass is 10.0. The van der Waals surface area contributed by atoms with Crippen molar-refractivity contribution in [3.8, 4) is 0 Å². The topological polar surface area (TPSA) is 37.3 Å². The van der Waals surface area contributed by atoms with Gasteiger partial charge in [-0.2, -0.15) is 0 Å². The molecule has 11 heavy (non-hydrogen) atoms. The van der Waals surface area contributed by atoms with E-state index in [-0.39, 0.29) is 11.7 Å². The molecule has 0 amide bonds. The smallest absolute Gasteiger partial charge is 0.137 e. The number of aliphatic hydroxyl groups excluding tert-OH is 1. The van der Waals surface area contributed by atoms with E-state index in [0.29, 0.717) is 6.42 Å². The Bertz CT molecular complexity index is 119. The molecule has 0 heterocycles. The van der Waals surface area contributed by atoms with E-state index >= 15 is 0 Å². The number of Topliss-reactive ketones (excluding diaryl/α,β-unsaturated/α-hetero) is 1. The van der Waals surface area contributed by atoms with Crippen LogP contribution in [0, 0.1) is 5.92 Å². The van der Waals surface area contributed by atoms with E-state index in [2.05, 4.69) is 0 Å². The molecule has 0 aliphatic rings. The molecule has 0 bridgehead atoms. The monoisotopic (exact) mass is 158 g/mol. The van der Waals surface area contributed by atoms with Crippen LogP contribution in [0.1, 0.15) is 40.0 Å². The third-order valence-electron chi connectivity index (χ3n) is 1.70. The minimum absolute atomic E-state index is 0.0570. The van der Waals surface area contributed by atoms with Crippen LogP contribution in [0.5, 0.6) is 0 Å². The number of carbonyl (C=O) groups is 1. The molecule has 0 saturated heterocycles. The van der Waals surface area contributed by atoms with Crippen molar-refractivity contribution in [3.63, 3.8) is 0 Å². The lowest BCUT2D eigenvalue weighted by Gasteiger charge is -2.09. The maximum atomic E-state index is 11.1. The second-order valence-electron chi connectivity index (χ2n) is 3.27. The Hall–Kier alpha value is -0.370. The fourth-order valence-corrected chi connectivity index (χ4v) is 0.903. The molecule has 1 N–H and O–H groups in total. The fraction of sp³-hybridized carbons (Fsp3) is 0.889. The summed E-state index contributed by atoms with van der Waals surface area (Å²) in [6.07, 6.45) is 1.58. The summed E-state index contributed by atoms with van der Waals surface area (Å²) in [6, 6.07) is 0. The van der Waals surface area contributed by atoms with Gasteiger partial charge in [0.2, 0.25) is 0 Å². The van der Waals surface area contributed by atoms with Crippen molar-refractivity contribution < 1.29 is 9.90 Å². The zero-order chi connectivity index (χ0) is 8.85. The molecule has 2 nitrogen and oxygen atoms in total. The molecule has 0 aliphatic heterocycles. The molecule has 0 rings (SSSR count). The van der Waals surface area contributed by atoms with Crippen LogP contribution < -0.4 is 0 Å². The summed E-state index contributed by atoms with van der Waals surface area (Å²) in [5, 5.41) is 9.25. The normalized spacial score (nSPS) is 13.5. The second-order valence-corrected chi connectivity index (χ2v) is 3.27. The van der Waals surface area contributed by atoms with Gasteiger partial charge in [0.1, 0.15) is 5.78 Å². The molecule has 0 aliphatic carbocycles. The summed E-state index contributed by atoms with van der Waals surface area (Å²) < 4.78 is 0. The Morgan fingerprint density at radius 3 is 2.36 bits per heavy atom.